The first kappa shape index (κ1) is 20.2. The Kier molecular flexibility index (Phi) is 6.33. The average molecular weight is 396 g/mol. The van der Waals surface area contributed by atoms with Gasteiger partial charge >= 0.3 is 5.97 Å². The molecule has 0 bridgehead atoms. The number of carbonyl (C=O) groups is 2. The minimum absolute atomic E-state index is 0.237. The number of amides is 1. The molecule has 1 aromatic carbocycles. The Morgan fingerprint density at radius 1 is 1.21 bits per heavy atom. The molecule has 0 aliphatic rings. The molecular weight excluding hydrogens is 375 g/mol. The van der Waals surface area contributed by atoms with E-state index < -0.39 is 12.6 Å². The van der Waals surface area contributed by atoms with Gasteiger partial charge in [0, 0.05) is 19.3 Å². The van der Waals surface area contributed by atoms with E-state index in [4.69, 9.17) is 4.74 Å². The molecular formula is C21H21FN4O3. The molecule has 29 heavy (non-hydrogen) atoms. The molecule has 0 spiro atoms. The van der Waals surface area contributed by atoms with E-state index in [-0.39, 0.29) is 23.8 Å². The van der Waals surface area contributed by atoms with E-state index in [1.54, 1.807) is 44.3 Å². The van der Waals surface area contributed by atoms with Gasteiger partial charge in [0.05, 0.1) is 11.9 Å². The Labute approximate surface area is 167 Å². The highest BCUT2D eigenvalue weighted by molar-refractivity contribution is 5.92. The number of benzene rings is 1. The van der Waals surface area contributed by atoms with Crippen molar-refractivity contribution in [1.29, 1.82) is 0 Å². The van der Waals surface area contributed by atoms with Gasteiger partial charge in [-0.2, -0.15) is 5.10 Å². The van der Waals surface area contributed by atoms with Gasteiger partial charge < -0.3 is 9.64 Å². The third kappa shape index (κ3) is 4.84. The van der Waals surface area contributed by atoms with Crippen molar-refractivity contribution in [2.24, 2.45) is 0 Å². The van der Waals surface area contributed by atoms with E-state index in [0.717, 1.165) is 0 Å². The monoisotopic (exact) mass is 396 g/mol. The molecule has 0 saturated carbocycles. The van der Waals surface area contributed by atoms with E-state index in [2.05, 4.69) is 10.1 Å². The lowest BCUT2D eigenvalue weighted by molar-refractivity contribution is -0.134. The molecule has 150 valence electrons. The first-order valence-electron chi connectivity index (χ1n) is 9.15. The van der Waals surface area contributed by atoms with Gasteiger partial charge in [-0.15, -0.1) is 0 Å². The van der Waals surface area contributed by atoms with E-state index in [9.17, 15) is 14.0 Å². The molecule has 2 heterocycles. The summed E-state index contributed by atoms with van der Waals surface area (Å²) in [7, 11) is 0. The van der Waals surface area contributed by atoms with Crippen LogP contribution in [0.4, 0.5) is 4.39 Å². The maximum absolute atomic E-state index is 13.3. The fraction of sp³-hybridized carbons (Fsp3) is 0.238. The third-order valence-electron chi connectivity index (χ3n) is 4.42. The number of halogens is 1. The molecule has 0 fully saturated rings. The highest BCUT2D eigenvalue weighted by Crippen LogP contribution is 2.14. The van der Waals surface area contributed by atoms with E-state index in [1.165, 1.54) is 27.9 Å². The van der Waals surface area contributed by atoms with Crippen LogP contribution in [0.2, 0.25) is 0 Å². The Balaban J connectivity index is 1.62. The molecule has 1 amide bonds. The van der Waals surface area contributed by atoms with Crippen LogP contribution in [0.1, 0.15) is 28.5 Å². The number of likely N-dealkylation sites (N-methyl/N-ethyl adjacent to an activating group) is 1. The molecule has 8 heteroatoms. The van der Waals surface area contributed by atoms with Crippen LogP contribution in [-0.2, 0) is 16.1 Å². The Morgan fingerprint density at radius 2 is 2.03 bits per heavy atom. The van der Waals surface area contributed by atoms with Crippen molar-refractivity contribution in [3.8, 4) is 5.82 Å². The fourth-order valence-corrected chi connectivity index (χ4v) is 2.85. The number of carbonyl (C=O) groups excluding carboxylic acids is 2. The number of ether oxygens (including phenoxy) is 1. The molecule has 0 aliphatic heterocycles. The number of nitrogens with zero attached hydrogens (tertiary/aromatic N) is 4. The Hall–Kier alpha value is -3.55. The highest BCUT2D eigenvalue weighted by Gasteiger charge is 2.20. The number of aromatic nitrogens is 3. The summed E-state index contributed by atoms with van der Waals surface area (Å²) < 4.78 is 20.1. The summed E-state index contributed by atoms with van der Waals surface area (Å²) in [5.41, 5.74) is 1.49. The smallest absolute Gasteiger partial charge is 0.342 e. The third-order valence-corrected chi connectivity index (χ3v) is 4.42. The minimum atomic E-state index is -0.639. The number of pyridine rings is 1. The molecule has 7 nitrogen and oxygen atoms in total. The second-order valence-corrected chi connectivity index (χ2v) is 6.36. The predicted octanol–water partition coefficient (Wildman–Crippen LogP) is 2.92. The van der Waals surface area contributed by atoms with Gasteiger partial charge in [0.1, 0.15) is 11.4 Å². The quantitative estimate of drug-likeness (QED) is 0.574. The van der Waals surface area contributed by atoms with Gasteiger partial charge in [0.25, 0.3) is 5.91 Å². The van der Waals surface area contributed by atoms with Crippen molar-refractivity contribution in [1.82, 2.24) is 19.7 Å². The van der Waals surface area contributed by atoms with Crippen molar-refractivity contribution in [2.45, 2.75) is 20.4 Å². The zero-order valence-electron chi connectivity index (χ0n) is 16.2. The molecule has 3 rings (SSSR count). The van der Waals surface area contributed by atoms with Crippen molar-refractivity contribution >= 4 is 11.9 Å². The first-order valence-corrected chi connectivity index (χ1v) is 9.15. The van der Waals surface area contributed by atoms with Crippen molar-refractivity contribution in [3.05, 3.63) is 77.5 Å². The Bertz CT molecular complexity index is 1000. The van der Waals surface area contributed by atoms with Crippen LogP contribution in [0.25, 0.3) is 5.82 Å². The van der Waals surface area contributed by atoms with Gasteiger partial charge in [0.15, 0.2) is 12.4 Å². The van der Waals surface area contributed by atoms with Crippen molar-refractivity contribution in [2.75, 3.05) is 13.2 Å². The van der Waals surface area contributed by atoms with Gasteiger partial charge in [-0.1, -0.05) is 18.2 Å². The lowest BCUT2D eigenvalue weighted by atomic mass is 10.2. The highest BCUT2D eigenvalue weighted by atomic mass is 19.1. The van der Waals surface area contributed by atoms with E-state index in [1.807, 2.05) is 6.07 Å². The minimum Gasteiger partial charge on any atom is -0.452 e. The van der Waals surface area contributed by atoms with Crippen molar-refractivity contribution < 1.29 is 18.7 Å². The second kappa shape index (κ2) is 9.09. The molecule has 2 aromatic heterocycles. The molecule has 0 N–H and O–H groups in total. The number of hydrogen-bond donors (Lipinski definition) is 0. The van der Waals surface area contributed by atoms with Crippen LogP contribution in [0, 0.1) is 12.7 Å². The summed E-state index contributed by atoms with van der Waals surface area (Å²) >= 11 is 0. The van der Waals surface area contributed by atoms with Gasteiger partial charge in [-0.05, 0) is 43.7 Å². The summed E-state index contributed by atoms with van der Waals surface area (Å²) in [6.45, 7) is 3.77. The fourth-order valence-electron chi connectivity index (χ4n) is 2.85. The van der Waals surface area contributed by atoms with Crippen LogP contribution in [0.15, 0.2) is 54.9 Å². The molecule has 0 saturated heterocycles. The van der Waals surface area contributed by atoms with Crippen LogP contribution in [0.5, 0.6) is 0 Å². The zero-order valence-corrected chi connectivity index (χ0v) is 16.2. The lowest BCUT2D eigenvalue weighted by Gasteiger charge is -2.20. The standard InChI is InChI=1S/C21H21FN4O3/c1-3-25(13-16-7-6-8-17(22)11-16)20(27)14-29-21(28)18-12-24-26(15(18)2)19-9-4-5-10-23-19/h4-12H,3,13-14H2,1-2H3. The molecule has 0 unspecified atom stereocenters. The topological polar surface area (TPSA) is 77.3 Å². The summed E-state index contributed by atoms with van der Waals surface area (Å²) in [4.78, 5) is 30.5. The molecule has 3 aromatic rings. The summed E-state index contributed by atoms with van der Waals surface area (Å²) in [6.07, 6.45) is 3.02. The van der Waals surface area contributed by atoms with Crippen LogP contribution >= 0.6 is 0 Å². The van der Waals surface area contributed by atoms with E-state index >= 15 is 0 Å². The van der Waals surface area contributed by atoms with Gasteiger partial charge in [0.2, 0.25) is 0 Å². The molecule has 0 atom stereocenters. The predicted molar refractivity (Wildman–Crippen MR) is 104 cm³/mol. The van der Waals surface area contributed by atoms with Gasteiger partial charge in [-0.25, -0.2) is 18.9 Å². The maximum Gasteiger partial charge on any atom is 0.342 e. The summed E-state index contributed by atoms with van der Waals surface area (Å²) in [5, 5.41) is 4.17. The van der Waals surface area contributed by atoms with Crippen LogP contribution < -0.4 is 0 Å². The average Bonchev–Trinajstić information content (AvgIpc) is 3.12. The van der Waals surface area contributed by atoms with Crippen LogP contribution in [-0.4, -0.2) is 44.7 Å². The lowest BCUT2D eigenvalue weighted by Crippen LogP contribution is -2.34. The first-order chi connectivity index (χ1) is 14.0. The SMILES string of the molecule is CCN(Cc1cccc(F)c1)C(=O)COC(=O)c1cnn(-c2ccccn2)c1C. The molecule has 0 aliphatic carbocycles. The van der Waals surface area contributed by atoms with E-state index in [0.29, 0.717) is 23.6 Å². The summed E-state index contributed by atoms with van der Waals surface area (Å²) in [5.74, 6) is -0.787. The second-order valence-electron chi connectivity index (χ2n) is 6.36. The molecule has 0 radical (unpaired) electrons. The maximum atomic E-state index is 13.3. The van der Waals surface area contributed by atoms with Crippen LogP contribution in [0.3, 0.4) is 0 Å². The largest absolute Gasteiger partial charge is 0.452 e. The van der Waals surface area contributed by atoms with Gasteiger partial charge in [-0.3, -0.25) is 4.79 Å². The number of hydrogen-bond acceptors (Lipinski definition) is 5. The zero-order chi connectivity index (χ0) is 20.8. The normalized spacial score (nSPS) is 10.6. The number of esters is 1. The Morgan fingerprint density at radius 3 is 2.72 bits per heavy atom. The summed E-state index contributed by atoms with van der Waals surface area (Å²) in [6, 6.07) is 11.4. The van der Waals surface area contributed by atoms with Crippen molar-refractivity contribution in [3.63, 3.8) is 0 Å². The number of rotatable bonds is 7.